The molecule has 3 amide bonds. The third-order valence-electron chi connectivity index (χ3n) is 2.04. The van der Waals surface area contributed by atoms with Gasteiger partial charge in [-0.05, 0) is 19.8 Å². The Balaban J connectivity index is 3.70. The Morgan fingerprint density at radius 3 is 2.38 bits per heavy atom. The van der Waals surface area contributed by atoms with Crippen LogP contribution in [0.4, 0.5) is 4.79 Å². The molecule has 0 aromatic heterocycles. The van der Waals surface area contributed by atoms with E-state index in [4.69, 9.17) is 5.11 Å². The number of aliphatic carboxylic acids is 1. The predicted octanol–water partition coefficient (Wildman–Crippen LogP) is 0.866. The summed E-state index contributed by atoms with van der Waals surface area (Å²) in [5.74, 6) is -1.40. The second-order valence-corrected chi connectivity index (χ2v) is 3.58. The Hall–Kier alpha value is -1.59. The number of hydrogen-bond acceptors (Lipinski definition) is 3. The number of carbonyl (C=O) groups excluding carboxylic acids is 2. The van der Waals surface area contributed by atoms with Crippen LogP contribution >= 0.6 is 0 Å². The van der Waals surface area contributed by atoms with Crippen molar-refractivity contribution in [3.63, 3.8) is 0 Å². The molecular weight excluding hydrogens is 212 g/mol. The minimum atomic E-state index is -0.947. The molecule has 0 aromatic carbocycles. The summed E-state index contributed by atoms with van der Waals surface area (Å²) in [5.41, 5.74) is 0. The highest BCUT2D eigenvalue weighted by Crippen LogP contribution is 1.95. The lowest BCUT2D eigenvalue weighted by molar-refractivity contribution is -0.137. The second-order valence-electron chi connectivity index (χ2n) is 3.58. The Labute approximate surface area is 94.4 Å². The lowest BCUT2D eigenvalue weighted by Crippen LogP contribution is -2.43. The van der Waals surface area contributed by atoms with Crippen LogP contribution in [0, 0.1) is 0 Å². The average Bonchev–Trinajstić information content (AvgIpc) is 2.16. The molecular formula is C10H18N2O4. The Bertz CT molecular complexity index is 266. The fourth-order valence-electron chi connectivity index (χ4n) is 0.951. The smallest absolute Gasteiger partial charge is 0.321 e. The Morgan fingerprint density at radius 2 is 1.88 bits per heavy atom. The molecule has 0 saturated heterocycles. The highest BCUT2D eigenvalue weighted by molar-refractivity contribution is 5.94. The molecule has 1 atom stereocenters. The second kappa shape index (κ2) is 7.67. The molecule has 0 rings (SSSR count). The van der Waals surface area contributed by atoms with Gasteiger partial charge in [-0.15, -0.1) is 0 Å². The largest absolute Gasteiger partial charge is 0.481 e. The first-order valence-corrected chi connectivity index (χ1v) is 5.27. The van der Waals surface area contributed by atoms with Crippen molar-refractivity contribution in [3.8, 4) is 0 Å². The third kappa shape index (κ3) is 7.78. The van der Waals surface area contributed by atoms with Gasteiger partial charge in [0.05, 0.1) is 0 Å². The normalized spacial score (nSPS) is 11.6. The highest BCUT2D eigenvalue weighted by atomic mass is 16.4. The first kappa shape index (κ1) is 14.4. The van der Waals surface area contributed by atoms with Gasteiger partial charge in [-0.1, -0.05) is 6.92 Å². The molecule has 6 heteroatoms. The fraction of sp³-hybridized carbons (Fsp3) is 0.700. The molecule has 0 radical (unpaired) electrons. The van der Waals surface area contributed by atoms with Gasteiger partial charge in [0.25, 0.3) is 0 Å². The van der Waals surface area contributed by atoms with E-state index in [0.29, 0.717) is 0 Å². The quantitative estimate of drug-likeness (QED) is 0.630. The highest BCUT2D eigenvalue weighted by Gasteiger charge is 2.09. The van der Waals surface area contributed by atoms with Crippen molar-refractivity contribution in [1.29, 1.82) is 0 Å². The summed E-state index contributed by atoms with van der Waals surface area (Å²) in [6, 6.07) is -0.526. The van der Waals surface area contributed by atoms with Crippen LogP contribution in [0.5, 0.6) is 0 Å². The molecule has 0 bridgehead atoms. The van der Waals surface area contributed by atoms with Gasteiger partial charge >= 0.3 is 12.0 Å². The van der Waals surface area contributed by atoms with Gasteiger partial charge in [0.15, 0.2) is 0 Å². The van der Waals surface area contributed by atoms with E-state index in [1.165, 1.54) is 0 Å². The Kier molecular flexibility index (Phi) is 6.91. The van der Waals surface area contributed by atoms with Crippen molar-refractivity contribution >= 4 is 17.9 Å². The third-order valence-corrected chi connectivity index (χ3v) is 2.04. The van der Waals surface area contributed by atoms with E-state index >= 15 is 0 Å². The first-order valence-electron chi connectivity index (χ1n) is 5.27. The van der Waals surface area contributed by atoms with Crippen molar-refractivity contribution < 1.29 is 19.5 Å². The summed E-state index contributed by atoms with van der Waals surface area (Å²) in [6.45, 7) is 3.74. The molecule has 0 aromatic rings. The molecule has 3 N–H and O–H groups in total. The number of carboxylic acid groups (broad SMARTS) is 1. The molecule has 0 spiro atoms. The van der Waals surface area contributed by atoms with Crippen LogP contribution in [0.15, 0.2) is 0 Å². The maximum atomic E-state index is 11.2. The lowest BCUT2D eigenvalue weighted by atomic mass is 10.2. The van der Waals surface area contributed by atoms with Gasteiger partial charge in [-0.3, -0.25) is 14.9 Å². The van der Waals surface area contributed by atoms with Crippen LogP contribution in [0.3, 0.4) is 0 Å². The molecule has 0 fully saturated rings. The van der Waals surface area contributed by atoms with E-state index in [0.717, 1.165) is 6.42 Å². The molecule has 1 unspecified atom stereocenters. The Morgan fingerprint density at radius 1 is 1.25 bits per heavy atom. The summed E-state index contributed by atoms with van der Waals surface area (Å²) in [6.07, 6.45) is 0.985. The zero-order chi connectivity index (χ0) is 12.6. The van der Waals surface area contributed by atoms with Crippen LogP contribution in [0.1, 0.15) is 39.5 Å². The lowest BCUT2D eigenvalue weighted by Gasteiger charge is -2.11. The van der Waals surface area contributed by atoms with Gasteiger partial charge in [-0.25, -0.2) is 4.79 Å². The van der Waals surface area contributed by atoms with E-state index in [1.54, 1.807) is 0 Å². The minimum Gasteiger partial charge on any atom is -0.481 e. The number of amides is 3. The van der Waals surface area contributed by atoms with Crippen LogP contribution in [0.25, 0.3) is 0 Å². The molecule has 0 heterocycles. The van der Waals surface area contributed by atoms with Gasteiger partial charge in [0.2, 0.25) is 5.91 Å². The van der Waals surface area contributed by atoms with Crippen LogP contribution in [-0.4, -0.2) is 29.1 Å². The number of imide groups is 1. The number of nitrogens with one attached hydrogen (secondary N) is 2. The summed E-state index contributed by atoms with van der Waals surface area (Å²) >= 11 is 0. The van der Waals surface area contributed by atoms with Crippen LogP contribution in [0.2, 0.25) is 0 Å². The van der Waals surface area contributed by atoms with E-state index in [2.05, 4.69) is 10.6 Å². The molecule has 0 saturated carbocycles. The molecule has 92 valence electrons. The topological polar surface area (TPSA) is 95.5 Å². The van der Waals surface area contributed by atoms with Crippen molar-refractivity contribution in [1.82, 2.24) is 10.6 Å². The SMILES string of the molecule is CCC(C)NC(=O)NC(=O)CCCC(=O)O. The molecule has 0 aliphatic carbocycles. The summed E-state index contributed by atoms with van der Waals surface area (Å²) in [4.78, 5) is 32.5. The number of carbonyl (C=O) groups is 3. The summed E-state index contributed by atoms with van der Waals surface area (Å²) < 4.78 is 0. The van der Waals surface area contributed by atoms with Gasteiger partial charge in [0.1, 0.15) is 0 Å². The molecule has 6 nitrogen and oxygen atoms in total. The van der Waals surface area contributed by atoms with Crippen molar-refractivity contribution in [2.24, 2.45) is 0 Å². The summed E-state index contributed by atoms with van der Waals surface area (Å²) in [5, 5.41) is 13.1. The zero-order valence-electron chi connectivity index (χ0n) is 9.58. The van der Waals surface area contributed by atoms with Crippen molar-refractivity contribution in [2.75, 3.05) is 0 Å². The zero-order valence-corrected chi connectivity index (χ0v) is 9.58. The predicted molar refractivity (Wildman–Crippen MR) is 57.9 cm³/mol. The average molecular weight is 230 g/mol. The first-order chi connectivity index (χ1) is 7.45. The maximum absolute atomic E-state index is 11.2. The van der Waals surface area contributed by atoms with Gasteiger partial charge in [-0.2, -0.15) is 0 Å². The van der Waals surface area contributed by atoms with Gasteiger partial charge in [0, 0.05) is 18.9 Å². The van der Waals surface area contributed by atoms with Crippen LogP contribution < -0.4 is 10.6 Å². The number of rotatable bonds is 6. The maximum Gasteiger partial charge on any atom is 0.321 e. The van der Waals surface area contributed by atoms with E-state index in [-0.39, 0.29) is 25.3 Å². The van der Waals surface area contributed by atoms with Crippen molar-refractivity contribution in [3.05, 3.63) is 0 Å². The van der Waals surface area contributed by atoms with E-state index in [9.17, 15) is 14.4 Å². The minimum absolute atomic E-state index is 0.00631. The standard InChI is InChI=1S/C10H18N2O4/c1-3-7(2)11-10(16)12-8(13)5-4-6-9(14)15/h7H,3-6H2,1-2H3,(H,14,15)(H2,11,12,13,16). The summed E-state index contributed by atoms with van der Waals surface area (Å²) in [7, 11) is 0. The monoisotopic (exact) mass is 230 g/mol. The van der Waals surface area contributed by atoms with Crippen LogP contribution in [-0.2, 0) is 9.59 Å². The molecule has 0 aliphatic heterocycles. The van der Waals surface area contributed by atoms with E-state index in [1.807, 2.05) is 13.8 Å². The molecule has 0 aliphatic rings. The fourth-order valence-corrected chi connectivity index (χ4v) is 0.951. The van der Waals surface area contributed by atoms with Crippen molar-refractivity contribution in [2.45, 2.75) is 45.6 Å². The van der Waals surface area contributed by atoms with Gasteiger partial charge < -0.3 is 10.4 Å². The molecule has 16 heavy (non-hydrogen) atoms. The number of urea groups is 1. The number of carboxylic acids is 1. The number of hydrogen-bond donors (Lipinski definition) is 3. The van der Waals surface area contributed by atoms with E-state index < -0.39 is 17.9 Å².